The summed E-state index contributed by atoms with van der Waals surface area (Å²) in [5, 5.41) is 7.41. The second-order valence-electron chi connectivity index (χ2n) is 5.89. The van der Waals surface area contributed by atoms with Crippen LogP contribution in [-0.2, 0) is 17.8 Å². The number of carbonyl (C=O) groups is 1. The first kappa shape index (κ1) is 16.3. The van der Waals surface area contributed by atoms with Crippen molar-refractivity contribution in [2.45, 2.75) is 39.5 Å². The number of hydrogen-bond acceptors (Lipinski definition) is 4. The normalized spacial score (nSPS) is 11.3. The summed E-state index contributed by atoms with van der Waals surface area (Å²) < 4.78 is 6.95. The van der Waals surface area contributed by atoms with E-state index in [1.165, 1.54) is 0 Å². The SMILES string of the molecule is CC(C)(C)OC(=O)NCc1cnn(Cc2ccc(Cl)nc2)c1. The summed E-state index contributed by atoms with van der Waals surface area (Å²) in [5.74, 6) is 0. The highest BCUT2D eigenvalue weighted by molar-refractivity contribution is 6.29. The molecule has 0 radical (unpaired) electrons. The van der Waals surface area contributed by atoms with E-state index < -0.39 is 11.7 Å². The van der Waals surface area contributed by atoms with Gasteiger partial charge in [-0.2, -0.15) is 5.10 Å². The first-order chi connectivity index (χ1) is 10.3. The molecule has 0 aromatic carbocycles. The summed E-state index contributed by atoms with van der Waals surface area (Å²) >= 11 is 5.75. The van der Waals surface area contributed by atoms with Gasteiger partial charge in [0.25, 0.3) is 0 Å². The third-order valence-corrected chi connectivity index (χ3v) is 2.88. The van der Waals surface area contributed by atoms with Crippen LogP contribution in [0.25, 0.3) is 0 Å². The molecule has 0 aliphatic carbocycles. The molecule has 0 unspecified atom stereocenters. The predicted octanol–water partition coefficient (Wildman–Crippen LogP) is 3.00. The number of hydrogen-bond donors (Lipinski definition) is 1. The molecular formula is C15H19ClN4O2. The van der Waals surface area contributed by atoms with Crippen molar-refractivity contribution in [2.75, 3.05) is 0 Å². The van der Waals surface area contributed by atoms with Crippen LogP contribution in [0, 0.1) is 0 Å². The minimum Gasteiger partial charge on any atom is -0.444 e. The number of ether oxygens (including phenoxy) is 1. The Morgan fingerprint density at radius 3 is 2.73 bits per heavy atom. The fourth-order valence-corrected chi connectivity index (χ4v) is 1.87. The summed E-state index contributed by atoms with van der Waals surface area (Å²) in [6.45, 7) is 6.44. The number of halogens is 1. The van der Waals surface area contributed by atoms with Crippen LogP contribution in [0.5, 0.6) is 0 Å². The van der Waals surface area contributed by atoms with E-state index in [0.29, 0.717) is 18.2 Å². The number of nitrogens with zero attached hydrogens (tertiary/aromatic N) is 3. The second-order valence-corrected chi connectivity index (χ2v) is 6.28. The summed E-state index contributed by atoms with van der Waals surface area (Å²) in [7, 11) is 0. The zero-order valence-electron chi connectivity index (χ0n) is 12.8. The molecule has 0 fully saturated rings. The zero-order chi connectivity index (χ0) is 16.2. The maximum Gasteiger partial charge on any atom is 0.407 e. The second kappa shape index (κ2) is 6.79. The number of amides is 1. The van der Waals surface area contributed by atoms with Crippen molar-refractivity contribution in [3.05, 3.63) is 47.0 Å². The Morgan fingerprint density at radius 1 is 1.32 bits per heavy atom. The molecule has 0 saturated carbocycles. The number of rotatable bonds is 4. The molecule has 0 aliphatic heterocycles. The van der Waals surface area contributed by atoms with Crippen LogP contribution in [0.4, 0.5) is 4.79 Å². The third-order valence-electron chi connectivity index (χ3n) is 2.66. The van der Waals surface area contributed by atoms with Gasteiger partial charge in [-0.3, -0.25) is 4.68 Å². The van der Waals surface area contributed by atoms with Crippen LogP contribution in [-0.4, -0.2) is 26.5 Å². The lowest BCUT2D eigenvalue weighted by atomic mass is 10.2. The molecule has 0 atom stereocenters. The van der Waals surface area contributed by atoms with Gasteiger partial charge < -0.3 is 10.1 Å². The maximum atomic E-state index is 11.6. The van der Waals surface area contributed by atoms with Crippen LogP contribution in [0.15, 0.2) is 30.7 Å². The van der Waals surface area contributed by atoms with Gasteiger partial charge in [0.05, 0.1) is 12.7 Å². The summed E-state index contributed by atoms with van der Waals surface area (Å²) in [6.07, 6.45) is 4.84. The molecule has 2 aromatic rings. The predicted molar refractivity (Wildman–Crippen MR) is 83.6 cm³/mol. The quantitative estimate of drug-likeness (QED) is 0.878. The average molecular weight is 323 g/mol. The molecule has 0 aliphatic rings. The van der Waals surface area contributed by atoms with Crippen molar-refractivity contribution < 1.29 is 9.53 Å². The van der Waals surface area contributed by atoms with Crippen LogP contribution >= 0.6 is 11.6 Å². The largest absolute Gasteiger partial charge is 0.444 e. The fraction of sp³-hybridized carbons (Fsp3) is 0.400. The van der Waals surface area contributed by atoms with E-state index in [4.69, 9.17) is 16.3 Å². The Balaban J connectivity index is 1.86. The van der Waals surface area contributed by atoms with Crippen molar-refractivity contribution in [3.63, 3.8) is 0 Å². The number of pyridine rings is 1. The van der Waals surface area contributed by atoms with E-state index in [1.807, 2.05) is 33.0 Å². The Hall–Kier alpha value is -2.08. The molecule has 7 heteroatoms. The van der Waals surface area contributed by atoms with Gasteiger partial charge in [-0.15, -0.1) is 0 Å². The Labute approximate surface area is 134 Å². The van der Waals surface area contributed by atoms with Crippen molar-refractivity contribution >= 4 is 17.7 Å². The molecule has 6 nitrogen and oxygen atoms in total. The first-order valence-electron chi connectivity index (χ1n) is 6.90. The molecule has 0 spiro atoms. The highest BCUT2D eigenvalue weighted by atomic mass is 35.5. The van der Waals surface area contributed by atoms with E-state index in [2.05, 4.69) is 15.4 Å². The minimum absolute atomic E-state index is 0.369. The van der Waals surface area contributed by atoms with Crippen LogP contribution in [0.1, 0.15) is 31.9 Å². The highest BCUT2D eigenvalue weighted by Gasteiger charge is 2.15. The average Bonchev–Trinajstić information content (AvgIpc) is 2.85. The molecule has 2 heterocycles. The lowest BCUT2D eigenvalue weighted by molar-refractivity contribution is 0.0523. The van der Waals surface area contributed by atoms with Crippen LogP contribution < -0.4 is 5.32 Å². The third kappa shape index (κ3) is 5.37. The zero-order valence-corrected chi connectivity index (χ0v) is 13.6. The van der Waals surface area contributed by atoms with Gasteiger partial charge in [0.1, 0.15) is 10.8 Å². The minimum atomic E-state index is -0.504. The Bertz CT molecular complexity index is 632. The van der Waals surface area contributed by atoms with Crippen molar-refractivity contribution in [1.29, 1.82) is 0 Å². The lowest BCUT2D eigenvalue weighted by Gasteiger charge is -2.19. The van der Waals surface area contributed by atoms with Gasteiger partial charge in [0, 0.05) is 24.5 Å². The molecule has 1 N–H and O–H groups in total. The van der Waals surface area contributed by atoms with Gasteiger partial charge in [-0.05, 0) is 32.4 Å². The van der Waals surface area contributed by atoms with Gasteiger partial charge in [0.15, 0.2) is 0 Å². The first-order valence-corrected chi connectivity index (χ1v) is 7.28. The van der Waals surface area contributed by atoms with Crippen LogP contribution in [0.2, 0.25) is 5.15 Å². The van der Waals surface area contributed by atoms with E-state index in [9.17, 15) is 4.79 Å². The monoisotopic (exact) mass is 322 g/mol. The van der Waals surface area contributed by atoms with Crippen molar-refractivity contribution in [3.8, 4) is 0 Å². The molecular weight excluding hydrogens is 304 g/mol. The standard InChI is InChI=1S/C15H19ClN4O2/c1-15(2,3)22-14(21)18-7-12-8-19-20(10-12)9-11-4-5-13(16)17-6-11/h4-6,8,10H,7,9H2,1-3H3,(H,18,21). The molecule has 2 aromatic heterocycles. The lowest BCUT2D eigenvalue weighted by Crippen LogP contribution is -2.32. The topological polar surface area (TPSA) is 69.0 Å². The smallest absolute Gasteiger partial charge is 0.407 e. The molecule has 118 valence electrons. The molecule has 1 amide bonds. The Kier molecular flexibility index (Phi) is 5.03. The molecule has 0 bridgehead atoms. The molecule has 22 heavy (non-hydrogen) atoms. The van der Waals surface area contributed by atoms with E-state index in [1.54, 1.807) is 23.1 Å². The molecule has 2 rings (SSSR count). The number of nitrogens with one attached hydrogen (secondary N) is 1. The van der Waals surface area contributed by atoms with E-state index >= 15 is 0 Å². The summed E-state index contributed by atoms with van der Waals surface area (Å²) in [4.78, 5) is 15.6. The van der Waals surface area contributed by atoms with Crippen molar-refractivity contribution in [1.82, 2.24) is 20.1 Å². The molecule has 0 saturated heterocycles. The van der Waals surface area contributed by atoms with Crippen LogP contribution in [0.3, 0.4) is 0 Å². The summed E-state index contributed by atoms with van der Waals surface area (Å²) in [6, 6.07) is 3.64. The number of aromatic nitrogens is 3. The van der Waals surface area contributed by atoms with Gasteiger partial charge in [-0.1, -0.05) is 17.7 Å². The maximum absolute atomic E-state index is 11.6. The van der Waals surface area contributed by atoms with Gasteiger partial charge >= 0.3 is 6.09 Å². The van der Waals surface area contributed by atoms with E-state index in [0.717, 1.165) is 11.1 Å². The van der Waals surface area contributed by atoms with Gasteiger partial charge in [0.2, 0.25) is 0 Å². The highest BCUT2D eigenvalue weighted by Crippen LogP contribution is 2.09. The van der Waals surface area contributed by atoms with E-state index in [-0.39, 0.29) is 0 Å². The Morgan fingerprint density at radius 2 is 2.09 bits per heavy atom. The summed E-state index contributed by atoms with van der Waals surface area (Å²) in [5.41, 5.74) is 1.39. The fourth-order valence-electron chi connectivity index (χ4n) is 1.76. The van der Waals surface area contributed by atoms with Crippen molar-refractivity contribution in [2.24, 2.45) is 0 Å². The number of alkyl carbamates (subject to hydrolysis) is 1. The van der Waals surface area contributed by atoms with Gasteiger partial charge in [-0.25, -0.2) is 9.78 Å². The number of carbonyl (C=O) groups excluding carboxylic acids is 1.